The van der Waals surface area contributed by atoms with Crippen LogP contribution in [0.5, 0.6) is 0 Å². The van der Waals surface area contributed by atoms with Gasteiger partial charge in [-0.2, -0.15) is 0 Å². The number of rotatable bonds is 3. The Balaban J connectivity index is 2.13. The first-order valence-corrected chi connectivity index (χ1v) is 4.16. The Bertz CT molecular complexity index is 97.4. The van der Waals surface area contributed by atoms with Crippen LogP contribution in [0.2, 0.25) is 0 Å². The van der Waals surface area contributed by atoms with Crippen molar-refractivity contribution in [3.63, 3.8) is 0 Å². The van der Waals surface area contributed by atoms with E-state index >= 15 is 0 Å². The normalized spacial score (nSPS) is 22.8. The molecule has 1 atom stereocenters. The van der Waals surface area contributed by atoms with Gasteiger partial charge in [-0.15, -0.1) is 0 Å². The molecule has 0 unspecified atom stereocenters. The predicted molar refractivity (Wildman–Crippen MR) is 43.9 cm³/mol. The van der Waals surface area contributed by atoms with E-state index in [2.05, 4.69) is 18.9 Å². The number of nitrogens with zero attached hydrogens (tertiary/aromatic N) is 1. The van der Waals surface area contributed by atoms with Crippen molar-refractivity contribution in [2.75, 3.05) is 13.6 Å². The van der Waals surface area contributed by atoms with E-state index in [-0.39, 0.29) is 0 Å². The summed E-state index contributed by atoms with van der Waals surface area (Å²) in [5.41, 5.74) is 5.67. The monoisotopic (exact) mass is 142 g/mol. The van der Waals surface area contributed by atoms with Gasteiger partial charge in [0.1, 0.15) is 0 Å². The van der Waals surface area contributed by atoms with Crippen molar-refractivity contribution in [1.29, 1.82) is 0 Å². The minimum absolute atomic E-state index is 0.325. The lowest BCUT2D eigenvalue weighted by molar-refractivity contribution is 0.154. The smallest absolute Gasteiger partial charge is 0.0139 e. The van der Waals surface area contributed by atoms with Gasteiger partial charge < -0.3 is 10.6 Å². The second kappa shape index (κ2) is 3.35. The first kappa shape index (κ1) is 8.02. The molecule has 10 heavy (non-hydrogen) atoms. The van der Waals surface area contributed by atoms with Crippen LogP contribution in [0.1, 0.15) is 26.2 Å². The summed E-state index contributed by atoms with van der Waals surface area (Å²) in [6.45, 7) is 3.11. The lowest BCUT2D eigenvalue weighted by Crippen LogP contribution is -2.42. The SMILES string of the molecule is C[C@@H](N)CN(C)C1CCC1. The van der Waals surface area contributed by atoms with Gasteiger partial charge in [-0.1, -0.05) is 6.42 Å². The van der Waals surface area contributed by atoms with E-state index in [1.807, 2.05) is 0 Å². The van der Waals surface area contributed by atoms with Crippen LogP contribution in [0.25, 0.3) is 0 Å². The second-order valence-electron chi connectivity index (χ2n) is 3.50. The molecule has 0 spiro atoms. The van der Waals surface area contributed by atoms with Gasteiger partial charge in [0.25, 0.3) is 0 Å². The highest BCUT2D eigenvalue weighted by Gasteiger charge is 2.21. The average molecular weight is 142 g/mol. The van der Waals surface area contributed by atoms with Crippen LogP contribution in [0.4, 0.5) is 0 Å². The molecule has 0 radical (unpaired) electrons. The van der Waals surface area contributed by atoms with Crippen molar-refractivity contribution in [2.24, 2.45) is 5.73 Å². The Hall–Kier alpha value is -0.0800. The van der Waals surface area contributed by atoms with E-state index < -0.39 is 0 Å². The van der Waals surface area contributed by atoms with Gasteiger partial charge in [-0.05, 0) is 26.8 Å². The van der Waals surface area contributed by atoms with Crippen LogP contribution in [0, 0.1) is 0 Å². The van der Waals surface area contributed by atoms with Gasteiger partial charge in [0.15, 0.2) is 0 Å². The molecule has 1 aliphatic carbocycles. The maximum atomic E-state index is 5.67. The second-order valence-corrected chi connectivity index (χ2v) is 3.50. The van der Waals surface area contributed by atoms with Crippen molar-refractivity contribution < 1.29 is 0 Å². The number of nitrogens with two attached hydrogens (primary N) is 1. The summed E-state index contributed by atoms with van der Waals surface area (Å²) in [7, 11) is 2.17. The van der Waals surface area contributed by atoms with Crippen LogP contribution in [-0.4, -0.2) is 30.6 Å². The largest absolute Gasteiger partial charge is 0.327 e. The molecule has 0 bridgehead atoms. The summed E-state index contributed by atoms with van der Waals surface area (Å²) in [5.74, 6) is 0. The van der Waals surface area contributed by atoms with Crippen LogP contribution in [0.3, 0.4) is 0 Å². The van der Waals surface area contributed by atoms with Gasteiger partial charge in [0.05, 0.1) is 0 Å². The van der Waals surface area contributed by atoms with Gasteiger partial charge in [-0.3, -0.25) is 0 Å². The molecule has 0 aromatic rings. The zero-order valence-electron chi connectivity index (χ0n) is 7.01. The molecule has 1 fully saturated rings. The fourth-order valence-electron chi connectivity index (χ4n) is 1.43. The first-order valence-electron chi connectivity index (χ1n) is 4.16. The van der Waals surface area contributed by atoms with Crippen LogP contribution >= 0.6 is 0 Å². The van der Waals surface area contributed by atoms with E-state index in [9.17, 15) is 0 Å². The Morgan fingerprint density at radius 2 is 2.20 bits per heavy atom. The predicted octanol–water partition coefficient (Wildman–Crippen LogP) is 0.818. The zero-order valence-corrected chi connectivity index (χ0v) is 7.01. The van der Waals surface area contributed by atoms with Gasteiger partial charge in [0.2, 0.25) is 0 Å². The van der Waals surface area contributed by atoms with Crippen LogP contribution in [-0.2, 0) is 0 Å². The maximum absolute atomic E-state index is 5.67. The van der Waals surface area contributed by atoms with E-state index in [0.717, 1.165) is 12.6 Å². The minimum atomic E-state index is 0.325. The Morgan fingerprint density at radius 1 is 1.60 bits per heavy atom. The standard InChI is InChI=1S/C8H18N2/c1-7(9)6-10(2)8-4-3-5-8/h7-8H,3-6,9H2,1-2H3/t7-/m1/s1. The molecule has 0 amide bonds. The highest BCUT2D eigenvalue weighted by atomic mass is 15.1. The molecule has 0 aromatic heterocycles. The fourth-order valence-corrected chi connectivity index (χ4v) is 1.43. The molecule has 0 heterocycles. The van der Waals surface area contributed by atoms with Crippen molar-refractivity contribution in [3.8, 4) is 0 Å². The molecule has 60 valence electrons. The Labute approximate surface area is 63.4 Å². The summed E-state index contributed by atoms with van der Waals surface area (Å²) >= 11 is 0. The Kier molecular flexibility index (Phi) is 2.69. The number of hydrogen-bond acceptors (Lipinski definition) is 2. The molecule has 2 N–H and O–H groups in total. The number of likely N-dealkylation sites (N-methyl/N-ethyl adjacent to an activating group) is 1. The highest BCUT2D eigenvalue weighted by molar-refractivity contribution is 4.78. The summed E-state index contributed by atoms with van der Waals surface area (Å²) in [5, 5.41) is 0. The topological polar surface area (TPSA) is 29.3 Å². The van der Waals surface area contributed by atoms with Crippen molar-refractivity contribution in [3.05, 3.63) is 0 Å². The first-order chi connectivity index (χ1) is 4.70. The quantitative estimate of drug-likeness (QED) is 0.632. The molecule has 2 nitrogen and oxygen atoms in total. The number of hydrogen-bond donors (Lipinski definition) is 1. The van der Waals surface area contributed by atoms with Crippen LogP contribution in [0.15, 0.2) is 0 Å². The van der Waals surface area contributed by atoms with E-state index in [0.29, 0.717) is 6.04 Å². The molecule has 0 aromatic carbocycles. The van der Waals surface area contributed by atoms with E-state index in [4.69, 9.17) is 5.73 Å². The third kappa shape index (κ3) is 1.96. The van der Waals surface area contributed by atoms with Crippen molar-refractivity contribution in [2.45, 2.75) is 38.3 Å². The van der Waals surface area contributed by atoms with Gasteiger partial charge in [0, 0.05) is 18.6 Å². The summed E-state index contributed by atoms with van der Waals surface area (Å²) in [6, 6.07) is 1.16. The lowest BCUT2D eigenvalue weighted by Gasteiger charge is -2.35. The molecule has 0 aliphatic heterocycles. The summed E-state index contributed by atoms with van der Waals surface area (Å²) < 4.78 is 0. The Morgan fingerprint density at radius 3 is 2.50 bits per heavy atom. The minimum Gasteiger partial charge on any atom is -0.327 e. The van der Waals surface area contributed by atoms with Crippen molar-refractivity contribution >= 4 is 0 Å². The van der Waals surface area contributed by atoms with Crippen LogP contribution < -0.4 is 5.73 Å². The fraction of sp³-hybridized carbons (Fsp3) is 1.00. The van der Waals surface area contributed by atoms with Gasteiger partial charge in [-0.25, -0.2) is 0 Å². The summed E-state index contributed by atoms with van der Waals surface area (Å²) in [4.78, 5) is 2.38. The van der Waals surface area contributed by atoms with E-state index in [1.165, 1.54) is 19.3 Å². The maximum Gasteiger partial charge on any atom is 0.0139 e. The molecule has 1 saturated carbocycles. The summed E-state index contributed by atoms with van der Waals surface area (Å²) in [6.07, 6.45) is 4.17. The van der Waals surface area contributed by atoms with Gasteiger partial charge >= 0.3 is 0 Å². The highest BCUT2D eigenvalue weighted by Crippen LogP contribution is 2.23. The molecular formula is C8H18N2. The molecular weight excluding hydrogens is 124 g/mol. The van der Waals surface area contributed by atoms with Crippen molar-refractivity contribution in [1.82, 2.24) is 4.90 Å². The lowest BCUT2D eigenvalue weighted by atomic mass is 9.92. The molecule has 0 saturated heterocycles. The molecule has 2 heteroatoms. The molecule has 1 aliphatic rings. The molecule has 1 rings (SSSR count). The average Bonchev–Trinajstić information content (AvgIpc) is 1.55. The van der Waals surface area contributed by atoms with E-state index in [1.54, 1.807) is 0 Å². The zero-order chi connectivity index (χ0) is 7.56. The third-order valence-electron chi connectivity index (χ3n) is 2.27. The third-order valence-corrected chi connectivity index (χ3v) is 2.27.